The number of rotatable bonds is 6. The monoisotopic (exact) mass is 338 g/mol. The number of benzene rings is 1. The van der Waals surface area contributed by atoms with Crippen molar-refractivity contribution in [1.82, 2.24) is 4.31 Å². The molecule has 1 heterocycles. The number of anilines is 1. The highest BCUT2D eigenvalue weighted by molar-refractivity contribution is 7.88. The minimum absolute atomic E-state index is 0.0975. The Morgan fingerprint density at radius 3 is 2.61 bits per heavy atom. The maximum absolute atomic E-state index is 12.4. The summed E-state index contributed by atoms with van der Waals surface area (Å²) in [7, 11) is -3.23. The number of hydrogen-bond donors (Lipinski definition) is 1. The summed E-state index contributed by atoms with van der Waals surface area (Å²) in [5, 5.41) is 2.91. The molecule has 0 bridgehead atoms. The summed E-state index contributed by atoms with van der Waals surface area (Å²) in [4.78, 5) is 12.4. The highest BCUT2D eigenvalue weighted by Gasteiger charge is 2.30. The number of nitrogens with one attached hydrogen (secondary N) is 1. The van der Waals surface area contributed by atoms with Crippen LogP contribution in [0.25, 0.3) is 0 Å². The van der Waals surface area contributed by atoms with Gasteiger partial charge in [-0.15, -0.1) is 0 Å². The van der Waals surface area contributed by atoms with Crippen LogP contribution in [0, 0.1) is 5.92 Å². The average molecular weight is 338 g/mol. The molecule has 128 valence electrons. The van der Waals surface area contributed by atoms with Crippen molar-refractivity contribution in [1.29, 1.82) is 0 Å². The number of nitrogens with zero attached hydrogens (tertiary/aromatic N) is 1. The zero-order chi connectivity index (χ0) is 16.9. The number of unbranched alkanes of at least 4 members (excludes halogenated alkanes) is 1. The van der Waals surface area contributed by atoms with Gasteiger partial charge in [-0.25, -0.2) is 12.7 Å². The molecule has 6 heteroatoms. The van der Waals surface area contributed by atoms with Crippen molar-refractivity contribution in [3.8, 4) is 0 Å². The normalized spacial score (nSPS) is 19.5. The standard InChI is InChI=1S/C17H26N2O3S/c1-3-4-6-14-8-10-16(11-9-14)18-17(20)15-7-5-12-19(13-15)23(2,21)22/h8-11,15H,3-7,12-13H2,1-2H3,(H,18,20)/t15-/m0/s1. The summed E-state index contributed by atoms with van der Waals surface area (Å²) in [5.41, 5.74) is 2.04. The molecule has 0 radical (unpaired) electrons. The van der Waals surface area contributed by atoms with Crippen LogP contribution in [0.2, 0.25) is 0 Å². The molecule has 5 nitrogen and oxygen atoms in total. The van der Waals surface area contributed by atoms with Crippen LogP contribution in [0.4, 0.5) is 5.69 Å². The quantitative estimate of drug-likeness (QED) is 0.867. The van der Waals surface area contributed by atoms with E-state index in [-0.39, 0.29) is 18.4 Å². The minimum Gasteiger partial charge on any atom is -0.326 e. The van der Waals surface area contributed by atoms with Crippen LogP contribution < -0.4 is 5.32 Å². The van der Waals surface area contributed by atoms with E-state index in [9.17, 15) is 13.2 Å². The number of hydrogen-bond acceptors (Lipinski definition) is 3. The molecule has 1 aliphatic rings. The first-order valence-corrected chi connectivity index (χ1v) is 10.1. The third-order valence-corrected chi connectivity index (χ3v) is 5.53. The van der Waals surface area contributed by atoms with Gasteiger partial charge in [0.15, 0.2) is 0 Å². The fraction of sp³-hybridized carbons (Fsp3) is 0.588. The Bertz CT molecular complexity index is 626. The lowest BCUT2D eigenvalue weighted by atomic mass is 9.98. The summed E-state index contributed by atoms with van der Waals surface area (Å²) in [6.07, 6.45) is 6.03. The van der Waals surface area contributed by atoms with Crippen LogP contribution in [0.15, 0.2) is 24.3 Å². The van der Waals surface area contributed by atoms with Crippen LogP contribution in [-0.2, 0) is 21.2 Å². The molecule has 0 saturated carbocycles. The Hall–Kier alpha value is -1.40. The van der Waals surface area contributed by atoms with Crippen molar-refractivity contribution in [2.75, 3.05) is 24.7 Å². The summed E-state index contributed by atoms with van der Waals surface area (Å²) >= 11 is 0. The third-order valence-electron chi connectivity index (χ3n) is 4.26. The van der Waals surface area contributed by atoms with E-state index in [1.165, 1.54) is 16.1 Å². The molecule has 1 amide bonds. The van der Waals surface area contributed by atoms with E-state index in [4.69, 9.17) is 0 Å². The number of sulfonamides is 1. The fourth-order valence-corrected chi connectivity index (χ4v) is 3.75. The van der Waals surface area contributed by atoms with E-state index >= 15 is 0 Å². The maximum atomic E-state index is 12.4. The van der Waals surface area contributed by atoms with Gasteiger partial charge in [0.05, 0.1) is 12.2 Å². The zero-order valence-electron chi connectivity index (χ0n) is 13.9. The van der Waals surface area contributed by atoms with E-state index in [2.05, 4.69) is 12.2 Å². The van der Waals surface area contributed by atoms with Crippen LogP contribution in [0.3, 0.4) is 0 Å². The number of amides is 1. The number of piperidine rings is 1. The summed E-state index contributed by atoms with van der Waals surface area (Å²) in [6.45, 7) is 2.95. The van der Waals surface area contributed by atoms with Gasteiger partial charge in [0, 0.05) is 18.8 Å². The van der Waals surface area contributed by atoms with Gasteiger partial charge in [0.25, 0.3) is 0 Å². The Balaban J connectivity index is 1.93. The fourth-order valence-electron chi connectivity index (χ4n) is 2.84. The lowest BCUT2D eigenvalue weighted by molar-refractivity contribution is -0.120. The molecular weight excluding hydrogens is 312 g/mol. The first kappa shape index (κ1) is 17.9. The molecule has 1 saturated heterocycles. The minimum atomic E-state index is -3.23. The van der Waals surface area contributed by atoms with Crippen molar-refractivity contribution < 1.29 is 13.2 Å². The van der Waals surface area contributed by atoms with E-state index in [0.29, 0.717) is 6.54 Å². The SMILES string of the molecule is CCCCc1ccc(NC(=O)[C@H]2CCCN(S(C)(=O)=O)C2)cc1. The molecule has 1 aromatic carbocycles. The van der Waals surface area contributed by atoms with Crippen LogP contribution in [-0.4, -0.2) is 38.0 Å². The van der Waals surface area contributed by atoms with Gasteiger partial charge < -0.3 is 5.32 Å². The van der Waals surface area contributed by atoms with Crippen LogP contribution in [0.1, 0.15) is 38.2 Å². The second-order valence-electron chi connectivity index (χ2n) is 6.25. The maximum Gasteiger partial charge on any atom is 0.228 e. The van der Waals surface area contributed by atoms with Crippen molar-refractivity contribution in [3.63, 3.8) is 0 Å². The van der Waals surface area contributed by atoms with Crippen molar-refractivity contribution in [2.24, 2.45) is 5.92 Å². The predicted molar refractivity (Wildman–Crippen MR) is 92.8 cm³/mol. The van der Waals surface area contributed by atoms with Gasteiger partial charge in [0.2, 0.25) is 15.9 Å². The van der Waals surface area contributed by atoms with Gasteiger partial charge in [-0.05, 0) is 43.4 Å². The lowest BCUT2D eigenvalue weighted by Gasteiger charge is -2.30. The number of carbonyl (C=O) groups excluding carboxylic acids is 1. The van der Waals surface area contributed by atoms with Gasteiger partial charge in [0.1, 0.15) is 0 Å². The van der Waals surface area contributed by atoms with Crippen molar-refractivity contribution in [2.45, 2.75) is 39.0 Å². The second kappa shape index (κ2) is 7.93. The zero-order valence-corrected chi connectivity index (χ0v) is 14.7. The molecule has 0 aromatic heterocycles. The number of carbonyl (C=O) groups is 1. The molecule has 1 N–H and O–H groups in total. The van der Waals surface area contributed by atoms with Crippen LogP contribution in [0.5, 0.6) is 0 Å². The lowest BCUT2D eigenvalue weighted by Crippen LogP contribution is -2.43. The Labute approximate surface area is 139 Å². The molecule has 0 unspecified atom stereocenters. The molecule has 1 atom stereocenters. The summed E-state index contributed by atoms with van der Waals surface area (Å²) in [5.74, 6) is -0.377. The largest absolute Gasteiger partial charge is 0.326 e. The van der Waals surface area contributed by atoms with Crippen LogP contribution >= 0.6 is 0 Å². The smallest absolute Gasteiger partial charge is 0.228 e. The summed E-state index contributed by atoms with van der Waals surface area (Å²) < 4.78 is 24.7. The highest BCUT2D eigenvalue weighted by Crippen LogP contribution is 2.21. The summed E-state index contributed by atoms with van der Waals surface area (Å²) in [6, 6.07) is 7.91. The Morgan fingerprint density at radius 1 is 1.30 bits per heavy atom. The van der Waals surface area contributed by atoms with E-state index < -0.39 is 10.0 Å². The molecular formula is C17H26N2O3S. The molecule has 0 aliphatic carbocycles. The first-order valence-electron chi connectivity index (χ1n) is 8.25. The molecule has 23 heavy (non-hydrogen) atoms. The molecule has 2 rings (SSSR count). The molecule has 1 aliphatic heterocycles. The third kappa shape index (κ3) is 5.32. The van der Waals surface area contributed by atoms with E-state index in [1.807, 2.05) is 24.3 Å². The van der Waals surface area contributed by atoms with E-state index in [0.717, 1.165) is 37.8 Å². The van der Waals surface area contributed by atoms with Gasteiger partial charge in [-0.2, -0.15) is 0 Å². The molecule has 1 aromatic rings. The van der Waals surface area contributed by atoms with Gasteiger partial charge >= 0.3 is 0 Å². The first-order chi connectivity index (χ1) is 10.9. The van der Waals surface area contributed by atoms with Gasteiger partial charge in [-0.3, -0.25) is 4.79 Å². The topological polar surface area (TPSA) is 66.5 Å². The second-order valence-corrected chi connectivity index (χ2v) is 8.23. The Morgan fingerprint density at radius 2 is 2.00 bits per heavy atom. The Kier molecular flexibility index (Phi) is 6.18. The molecule has 1 fully saturated rings. The van der Waals surface area contributed by atoms with Crippen molar-refractivity contribution >= 4 is 21.6 Å². The van der Waals surface area contributed by atoms with Gasteiger partial charge in [-0.1, -0.05) is 25.5 Å². The number of aryl methyl sites for hydroxylation is 1. The highest BCUT2D eigenvalue weighted by atomic mass is 32.2. The molecule has 0 spiro atoms. The van der Waals surface area contributed by atoms with E-state index in [1.54, 1.807) is 0 Å². The van der Waals surface area contributed by atoms with Crippen molar-refractivity contribution in [3.05, 3.63) is 29.8 Å². The predicted octanol–water partition coefficient (Wildman–Crippen LogP) is 2.64. The average Bonchev–Trinajstić information content (AvgIpc) is 2.53.